The smallest absolute Gasteiger partial charge is 0.176 e. The quantitative estimate of drug-likeness (QED) is 0.768. The van der Waals surface area contributed by atoms with Gasteiger partial charge in [-0.15, -0.1) is 0 Å². The Balaban J connectivity index is 2.01. The minimum absolute atomic E-state index is 0.106. The van der Waals surface area contributed by atoms with Crippen molar-refractivity contribution in [2.45, 2.75) is 25.3 Å². The normalized spacial score (nSPS) is 15.6. The van der Waals surface area contributed by atoms with Crippen LogP contribution >= 0.6 is 11.6 Å². The summed E-state index contributed by atoms with van der Waals surface area (Å²) < 4.78 is 5.07. The maximum atomic E-state index is 12.1. The van der Waals surface area contributed by atoms with Crippen LogP contribution in [0.4, 0.5) is 0 Å². The highest BCUT2D eigenvalue weighted by Crippen LogP contribution is 2.26. The number of benzene rings is 1. The Bertz CT molecular complexity index is 443. The van der Waals surface area contributed by atoms with E-state index in [1.54, 1.807) is 25.3 Å². The molecule has 0 bridgehead atoms. The predicted molar refractivity (Wildman–Crippen MR) is 72.6 cm³/mol. The van der Waals surface area contributed by atoms with Crippen LogP contribution in [0.1, 0.15) is 29.6 Å². The number of hydrogen-bond donors (Lipinski definition) is 0. The summed E-state index contributed by atoms with van der Waals surface area (Å²) in [7, 11) is 3.57. The predicted octanol–water partition coefficient (Wildman–Crippen LogP) is 3.02. The van der Waals surface area contributed by atoms with E-state index in [1.807, 2.05) is 7.05 Å². The van der Waals surface area contributed by atoms with Crippen LogP contribution in [-0.4, -0.2) is 37.4 Å². The van der Waals surface area contributed by atoms with E-state index >= 15 is 0 Å². The van der Waals surface area contributed by atoms with Crippen molar-refractivity contribution in [2.75, 3.05) is 20.7 Å². The number of hydrogen-bond acceptors (Lipinski definition) is 3. The molecule has 0 radical (unpaired) electrons. The SMILES string of the molecule is COc1ccc(C(=O)CN(C)C2CCC2)cc1Cl. The molecule has 2 rings (SSSR count). The van der Waals surface area contributed by atoms with Crippen LogP contribution in [0.25, 0.3) is 0 Å². The molecule has 0 aliphatic heterocycles. The number of halogens is 1. The Labute approximate surface area is 113 Å². The summed E-state index contributed by atoms with van der Waals surface area (Å²) in [5.74, 6) is 0.703. The van der Waals surface area contributed by atoms with Crippen molar-refractivity contribution in [1.29, 1.82) is 0 Å². The highest BCUT2D eigenvalue weighted by atomic mass is 35.5. The largest absolute Gasteiger partial charge is 0.495 e. The highest BCUT2D eigenvalue weighted by Gasteiger charge is 2.23. The van der Waals surface area contributed by atoms with Gasteiger partial charge < -0.3 is 4.74 Å². The first-order valence-corrected chi connectivity index (χ1v) is 6.56. The number of carbonyl (C=O) groups excluding carboxylic acids is 1. The molecule has 0 saturated heterocycles. The summed E-state index contributed by atoms with van der Waals surface area (Å²) in [4.78, 5) is 14.2. The summed E-state index contributed by atoms with van der Waals surface area (Å²) in [6, 6.07) is 5.75. The van der Waals surface area contributed by atoms with E-state index in [4.69, 9.17) is 16.3 Å². The fourth-order valence-corrected chi connectivity index (χ4v) is 2.37. The molecule has 3 nitrogen and oxygen atoms in total. The van der Waals surface area contributed by atoms with Crippen LogP contribution in [-0.2, 0) is 0 Å². The summed E-state index contributed by atoms with van der Waals surface area (Å²) >= 11 is 6.02. The third-order valence-corrected chi connectivity index (χ3v) is 3.86. The van der Waals surface area contributed by atoms with E-state index in [9.17, 15) is 4.79 Å². The first-order valence-electron chi connectivity index (χ1n) is 6.19. The number of ketones is 1. The molecule has 0 atom stereocenters. The summed E-state index contributed by atoms with van der Waals surface area (Å²) in [5, 5.41) is 0.481. The molecule has 0 N–H and O–H groups in total. The zero-order chi connectivity index (χ0) is 13.1. The van der Waals surface area contributed by atoms with Crippen LogP contribution in [0, 0.1) is 0 Å². The fraction of sp³-hybridized carbons (Fsp3) is 0.500. The molecule has 98 valence electrons. The van der Waals surface area contributed by atoms with Crippen LogP contribution in [0.3, 0.4) is 0 Å². The number of likely N-dealkylation sites (N-methyl/N-ethyl adjacent to an activating group) is 1. The van der Waals surface area contributed by atoms with Crippen molar-refractivity contribution in [3.63, 3.8) is 0 Å². The van der Waals surface area contributed by atoms with Gasteiger partial charge in [0.25, 0.3) is 0 Å². The van der Waals surface area contributed by atoms with Gasteiger partial charge in [0.15, 0.2) is 5.78 Å². The lowest BCUT2D eigenvalue weighted by atomic mass is 9.91. The van der Waals surface area contributed by atoms with Gasteiger partial charge in [0.05, 0.1) is 18.7 Å². The monoisotopic (exact) mass is 267 g/mol. The molecule has 0 unspecified atom stereocenters. The third kappa shape index (κ3) is 2.85. The van der Waals surface area contributed by atoms with Crippen LogP contribution in [0.15, 0.2) is 18.2 Å². The second-order valence-electron chi connectivity index (χ2n) is 4.77. The number of methoxy groups -OCH3 is 1. The van der Waals surface area contributed by atoms with Gasteiger partial charge >= 0.3 is 0 Å². The van der Waals surface area contributed by atoms with Crippen molar-refractivity contribution in [2.24, 2.45) is 0 Å². The van der Waals surface area contributed by atoms with Gasteiger partial charge in [-0.25, -0.2) is 0 Å². The zero-order valence-corrected chi connectivity index (χ0v) is 11.5. The summed E-state index contributed by atoms with van der Waals surface area (Å²) in [6.45, 7) is 0.452. The Morgan fingerprint density at radius 1 is 1.50 bits per heavy atom. The molecule has 1 aromatic carbocycles. The van der Waals surface area contributed by atoms with E-state index in [0.29, 0.717) is 28.9 Å². The molecule has 0 amide bonds. The molecule has 0 heterocycles. The van der Waals surface area contributed by atoms with Crippen molar-refractivity contribution in [1.82, 2.24) is 4.90 Å². The van der Waals surface area contributed by atoms with Gasteiger partial charge in [0, 0.05) is 11.6 Å². The maximum Gasteiger partial charge on any atom is 0.176 e. The van der Waals surface area contributed by atoms with Gasteiger partial charge in [-0.1, -0.05) is 18.0 Å². The van der Waals surface area contributed by atoms with Gasteiger partial charge in [-0.05, 0) is 38.1 Å². The Hall–Kier alpha value is -1.06. The molecule has 1 aliphatic carbocycles. The van der Waals surface area contributed by atoms with Gasteiger partial charge in [-0.3, -0.25) is 9.69 Å². The molecule has 1 saturated carbocycles. The van der Waals surface area contributed by atoms with E-state index < -0.39 is 0 Å². The van der Waals surface area contributed by atoms with E-state index in [1.165, 1.54) is 19.3 Å². The maximum absolute atomic E-state index is 12.1. The number of nitrogens with zero attached hydrogens (tertiary/aromatic N) is 1. The summed E-state index contributed by atoms with van der Waals surface area (Å²) in [5.41, 5.74) is 0.645. The lowest BCUT2D eigenvalue weighted by Crippen LogP contribution is -2.40. The molecular weight excluding hydrogens is 250 g/mol. The van der Waals surface area contributed by atoms with Crippen molar-refractivity contribution < 1.29 is 9.53 Å². The lowest BCUT2D eigenvalue weighted by molar-refractivity contribution is 0.0870. The first kappa shape index (κ1) is 13.4. The van der Waals surface area contributed by atoms with Crippen LogP contribution in [0.2, 0.25) is 5.02 Å². The molecule has 1 aliphatic rings. The topological polar surface area (TPSA) is 29.5 Å². The van der Waals surface area contributed by atoms with Crippen LogP contribution < -0.4 is 4.74 Å². The molecule has 1 fully saturated rings. The van der Waals surface area contributed by atoms with E-state index in [0.717, 1.165) is 0 Å². The van der Waals surface area contributed by atoms with Crippen molar-refractivity contribution in [3.8, 4) is 5.75 Å². The molecule has 4 heteroatoms. The van der Waals surface area contributed by atoms with Crippen molar-refractivity contribution >= 4 is 17.4 Å². The first-order chi connectivity index (χ1) is 8.61. The van der Waals surface area contributed by atoms with Gasteiger partial charge in [0.1, 0.15) is 5.75 Å². The highest BCUT2D eigenvalue weighted by molar-refractivity contribution is 6.32. The Morgan fingerprint density at radius 3 is 2.72 bits per heavy atom. The Kier molecular flexibility index (Phi) is 4.25. The third-order valence-electron chi connectivity index (χ3n) is 3.56. The zero-order valence-electron chi connectivity index (χ0n) is 10.8. The minimum atomic E-state index is 0.106. The summed E-state index contributed by atoms with van der Waals surface area (Å²) in [6.07, 6.45) is 3.68. The standard InChI is InChI=1S/C14H18ClNO2/c1-16(11-4-3-5-11)9-13(17)10-6-7-14(18-2)12(15)8-10/h6-8,11H,3-5,9H2,1-2H3. The number of Topliss-reactive ketones (excluding diaryl/α,β-unsaturated/α-hetero) is 1. The Morgan fingerprint density at radius 2 is 2.22 bits per heavy atom. The lowest BCUT2D eigenvalue weighted by Gasteiger charge is -2.34. The number of carbonyl (C=O) groups is 1. The second kappa shape index (κ2) is 5.72. The van der Waals surface area contributed by atoms with Crippen molar-refractivity contribution in [3.05, 3.63) is 28.8 Å². The molecule has 0 spiro atoms. The van der Waals surface area contributed by atoms with Gasteiger partial charge in [-0.2, -0.15) is 0 Å². The molecular formula is C14H18ClNO2. The van der Waals surface area contributed by atoms with Gasteiger partial charge in [0.2, 0.25) is 0 Å². The molecule has 0 aromatic heterocycles. The average Bonchev–Trinajstić information content (AvgIpc) is 2.26. The minimum Gasteiger partial charge on any atom is -0.495 e. The van der Waals surface area contributed by atoms with E-state index in [2.05, 4.69) is 4.90 Å². The number of ether oxygens (including phenoxy) is 1. The molecule has 18 heavy (non-hydrogen) atoms. The fourth-order valence-electron chi connectivity index (χ4n) is 2.11. The van der Waals surface area contributed by atoms with Crippen LogP contribution in [0.5, 0.6) is 5.75 Å². The molecule has 1 aromatic rings. The van der Waals surface area contributed by atoms with E-state index in [-0.39, 0.29) is 5.78 Å². The second-order valence-corrected chi connectivity index (χ2v) is 5.18. The average molecular weight is 268 g/mol. The number of rotatable bonds is 5.